The molecule has 0 aromatic carbocycles. The Balaban J connectivity index is 0.000000342. The molecule has 0 aromatic heterocycles. The molecule has 1 rings (SSSR count). The molecule has 0 atom stereocenters. The van der Waals surface area contributed by atoms with E-state index in [1.807, 2.05) is 17.8 Å². The second-order valence-electron chi connectivity index (χ2n) is 3.78. The van der Waals surface area contributed by atoms with Crippen LogP contribution in [0.1, 0.15) is 25.7 Å². The summed E-state index contributed by atoms with van der Waals surface area (Å²) in [5.74, 6) is -0.806. The monoisotopic (exact) mass is 288 g/mol. The van der Waals surface area contributed by atoms with E-state index in [4.69, 9.17) is 5.11 Å². The van der Waals surface area contributed by atoms with Crippen molar-refractivity contribution in [3.05, 3.63) is 12.7 Å². The van der Waals surface area contributed by atoms with Gasteiger partial charge in [-0.05, 0) is 31.0 Å². The molecule has 0 aliphatic carbocycles. The van der Waals surface area contributed by atoms with Crippen LogP contribution in [0, 0.1) is 0 Å². The quantitative estimate of drug-likeness (QED) is 0.472. The van der Waals surface area contributed by atoms with Crippen LogP contribution in [0.15, 0.2) is 17.6 Å². The zero-order valence-corrected chi connectivity index (χ0v) is 11.7. The molecule has 108 valence electrons. The number of carboxylic acid groups (broad SMARTS) is 2. The van der Waals surface area contributed by atoms with Crippen LogP contribution in [0.3, 0.4) is 0 Å². The van der Waals surface area contributed by atoms with Crippen molar-refractivity contribution in [2.75, 3.05) is 18.8 Å². The first kappa shape index (κ1) is 17.7. The highest BCUT2D eigenvalue weighted by Gasteiger charge is 2.11. The van der Waals surface area contributed by atoms with E-state index < -0.39 is 11.9 Å². The van der Waals surface area contributed by atoms with Crippen LogP contribution in [0.25, 0.3) is 0 Å². The summed E-state index contributed by atoms with van der Waals surface area (Å²) in [7, 11) is 0. The topological polar surface area (TPSA) is 106 Å². The summed E-state index contributed by atoms with van der Waals surface area (Å²) in [6.45, 7) is 5.54. The second-order valence-corrected chi connectivity index (χ2v) is 4.90. The average Bonchev–Trinajstić information content (AvgIpc) is 2.85. The van der Waals surface area contributed by atoms with Crippen molar-refractivity contribution in [2.24, 2.45) is 4.99 Å². The lowest BCUT2D eigenvalue weighted by atomic mass is 10.2. The summed E-state index contributed by atoms with van der Waals surface area (Å²) in [6.07, 6.45) is 2.60. The van der Waals surface area contributed by atoms with E-state index in [-0.39, 0.29) is 12.8 Å². The van der Waals surface area contributed by atoms with Crippen molar-refractivity contribution >= 4 is 28.9 Å². The van der Waals surface area contributed by atoms with E-state index in [1.54, 1.807) is 0 Å². The number of thioether (sulfide) groups is 1. The molecule has 0 spiro atoms. The van der Waals surface area contributed by atoms with Crippen LogP contribution in [0.5, 0.6) is 0 Å². The van der Waals surface area contributed by atoms with Crippen LogP contribution < -0.4 is 10.4 Å². The van der Waals surface area contributed by atoms with Gasteiger partial charge in [0, 0.05) is 12.4 Å². The van der Waals surface area contributed by atoms with Gasteiger partial charge in [-0.25, -0.2) is 4.99 Å². The Kier molecular flexibility index (Phi) is 10.9. The molecule has 0 unspecified atom stereocenters. The molecule has 19 heavy (non-hydrogen) atoms. The van der Waals surface area contributed by atoms with Gasteiger partial charge in [-0.1, -0.05) is 6.08 Å². The fourth-order valence-corrected chi connectivity index (χ4v) is 2.06. The summed E-state index contributed by atoms with van der Waals surface area (Å²) in [5.41, 5.74) is 0. The first-order chi connectivity index (χ1) is 9.06. The van der Waals surface area contributed by atoms with Gasteiger partial charge in [0.1, 0.15) is 0 Å². The third kappa shape index (κ3) is 12.9. The van der Waals surface area contributed by atoms with E-state index >= 15 is 0 Å². The Hall–Kier alpha value is -1.34. The smallest absolute Gasteiger partial charge is 0.303 e. The number of carbonyl (C=O) groups is 2. The van der Waals surface area contributed by atoms with Crippen molar-refractivity contribution in [3.63, 3.8) is 0 Å². The third-order valence-electron chi connectivity index (χ3n) is 2.08. The molecule has 0 radical (unpaired) electrons. The standard InChI is InChI=1S/C6H10N2S.C6H10O4/c1-2-3-7-6-8-4-5-9-6;7-5(8)3-1-2-4-6(9)10/h2H,1,3-5H2,(H,7,8);1-4H2,(H,7,8)(H,9,10). The average molecular weight is 288 g/mol. The van der Waals surface area contributed by atoms with E-state index in [2.05, 4.69) is 16.9 Å². The molecule has 6 nitrogen and oxygen atoms in total. The molecule has 0 bridgehead atoms. The minimum atomic E-state index is -1.12. The largest absolute Gasteiger partial charge is 0.550 e. The minimum absolute atomic E-state index is 0.0350. The number of nitrogens with two attached hydrogens (primary N) is 1. The van der Waals surface area contributed by atoms with Crippen LogP contribution in [-0.4, -0.2) is 41.1 Å². The van der Waals surface area contributed by atoms with E-state index in [0.717, 1.165) is 6.54 Å². The number of amidine groups is 1. The van der Waals surface area contributed by atoms with Crippen molar-refractivity contribution < 1.29 is 25.1 Å². The van der Waals surface area contributed by atoms with Gasteiger partial charge < -0.3 is 15.0 Å². The first-order valence-electron chi connectivity index (χ1n) is 6.09. The number of aliphatic imine (C=N–C) groups is 1. The van der Waals surface area contributed by atoms with E-state index in [1.165, 1.54) is 17.5 Å². The highest BCUT2D eigenvalue weighted by atomic mass is 32.2. The number of hydrogen-bond acceptors (Lipinski definition) is 5. The molecule has 1 fully saturated rings. The molecule has 0 amide bonds. The molecule has 0 saturated carbocycles. The summed E-state index contributed by atoms with van der Waals surface area (Å²) < 4.78 is 0. The number of quaternary nitrogens is 1. The number of carboxylic acids is 2. The van der Waals surface area contributed by atoms with Crippen molar-refractivity contribution in [2.45, 2.75) is 25.7 Å². The van der Waals surface area contributed by atoms with Gasteiger partial charge in [-0.15, -0.1) is 6.58 Å². The van der Waals surface area contributed by atoms with Crippen molar-refractivity contribution in [3.8, 4) is 0 Å². The Morgan fingerprint density at radius 3 is 2.63 bits per heavy atom. The molecule has 0 aromatic rings. The number of rotatable bonds is 7. The summed E-state index contributed by atoms with van der Waals surface area (Å²) >= 11 is 1.83. The van der Waals surface area contributed by atoms with Gasteiger partial charge in [-0.2, -0.15) is 0 Å². The number of hydrogen-bond donors (Lipinski definition) is 2. The highest BCUT2D eigenvalue weighted by Crippen LogP contribution is 2.00. The van der Waals surface area contributed by atoms with Crippen LogP contribution in [-0.2, 0) is 9.59 Å². The Morgan fingerprint density at radius 1 is 1.47 bits per heavy atom. The maximum absolute atomic E-state index is 9.88. The molecule has 7 heteroatoms. The molecule has 1 heterocycles. The van der Waals surface area contributed by atoms with Crippen LogP contribution >= 0.6 is 11.8 Å². The summed E-state index contributed by atoms with van der Waals surface area (Å²) in [5, 5.41) is 21.3. The highest BCUT2D eigenvalue weighted by molar-refractivity contribution is 8.13. The molecular formula is C12H20N2O4S. The number of unbranched alkanes of at least 4 members (excludes halogenated alkanes) is 1. The number of nitrogens with zero attached hydrogens (tertiary/aromatic N) is 1. The van der Waals surface area contributed by atoms with Crippen LogP contribution in [0.4, 0.5) is 0 Å². The predicted molar refractivity (Wildman–Crippen MR) is 72.9 cm³/mol. The maximum atomic E-state index is 9.88. The zero-order valence-electron chi connectivity index (χ0n) is 10.8. The molecule has 1 aliphatic rings. The van der Waals surface area contributed by atoms with Gasteiger partial charge in [0.2, 0.25) is 0 Å². The van der Waals surface area contributed by atoms with Gasteiger partial charge in [0.25, 0.3) is 5.17 Å². The zero-order chi connectivity index (χ0) is 14.5. The van der Waals surface area contributed by atoms with Gasteiger partial charge in [0.15, 0.2) is 0 Å². The Bertz CT molecular complexity index is 308. The maximum Gasteiger partial charge on any atom is 0.303 e. The van der Waals surface area contributed by atoms with Gasteiger partial charge in [-0.3, -0.25) is 10.1 Å². The molecule has 1 aliphatic heterocycles. The summed E-state index contributed by atoms with van der Waals surface area (Å²) in [6, 6.07) is 0. The second kappa shape index (κ2) is 11.7. The Morgan fingerprint density at radius 2 is 2.16 bits per heavy atom. The van der Waals surface area contributed by atoms with Crippen molar-refractivity contribution in [1.29, 1.82) is 0 Å². The number of aliphatic carboxylic acids is 2. The normalized spacial score (nSPS) is 15.7. The van der Waals surface area contributed by atoms with Crippen molar-refractivity contribution in [1.82, 2.24) is 0 Å². The lowest BCUT2D eigenvalue weighted by molar-refractivity contribution is -0.524. The SMILES string of the molecule is C=CCN=C1[NH2+]CCS1.O=C([O-])CCCCC(=O)O. The first-order valence-corrected chi connectivity index (χ1v) is 7.07. The fourth-order valence-electron chi connectivity index (χ4n) is 1.22. The van der Waals surface area contributed by atoms with E-state index in [0.29, 0.717) is 12.8 Å². The molecule has 3 N–H and O–H groups in total. The molecular weight excluding hydrogens is 268 g/mol. The third-order valence-corrected chi connectivity index (χ3v) is 3.12. The lowest BCUT2D eigenvalue weighted by Gasteiger charge is -1.98. The van der Waals surface area contributed by atoms with Gasteiger partial charge >= 0.3 is 5.97 Å². The Labute approximate surface area is 117 Å². The lowest BCUT2D eigenvalue weighted by Crippen LogP contribution is -2.84. The fraction of sp³-hybridized carbons (Fsp3) is 0.583. The summed E-state index contributed by atoms with van der Waals surface area (Å²) in [4.78, 5) is 23.9. The predicted octanol–water partition coefficient (Wildman–Crippen LogP) is -0.780. The van der Waals surface area contributed by atoms with Gasteiger partial charge in [0.05, 0.1) is 18.8 Å². The number of carbonyl (C=O) groups excluding carboxylic acids is 1. The minimum Gasteiger partial charge on any atom is -0.550 e. The van der Waals surface area contributed by atoms with E-state index in [9.17, 15) is 14.7 Å². The van der Waals surface area contributed by atoms with Crippen LogP contribution in [0.2, 0.25) is 0 Å². The molecule has 1 saturated heterocycles.